The van der Waals surface area contributed by atoms with Crippen LogP contribution in [-0.2, 0) is 6.42 Å². The average Bonchev–Trinajstić information content (AvgIpc) is 3.62. The van der Waals surface area contributed by atoms with Crippen LogP contribution in [0.1, 0.15) is 22.3 Å². The molecule has 0 fully saturated rings. The molecule has 0 saturated heterocycles. The van der Waals surface area contributed by atoms with Crippen LogP contribution in [0.4, 0.5) is 0 Å². The maximum absolute atomic E-state index is 4.67. The second kappa shape index (κ2) is 9.18. The largest absolute Gasteiger partial charge is 0.291 e. The smallest absolute Gasteiger partial charge is 0.234 e. The molecule has 0 radical (unpaired) electrons. The van der Waals surface area contributed by atoms with Crippen molar-refractivity contribution in [1.82, 2.24) is 14.4 Å². The quantitative estimate of drug-likeness (QED) is 0.236. The molecule has 5 aromatic carbocycles. The first kappa shape index (κ1) is 22.7. The van der Waals surface area contributed by atoms with Gasteiger partial charge in [-0.1, -0.05) is 103 Å². The van der Waals surface area contributed by atoms with Crippen LogP contribution >= 0.6 is 0 Å². The molecule has 7 aromatic rings. The normalized spacial score (nSPS) is 12.8. The van der Waals surface area contributed by atoms with Crippen LogP contribution in [0.2, 0.25) is 0 Å². The summed E-state index contributed by atoms with van der Waals surface area (Å²) < 4.78 is 1.95. The van der Waals surface area contributed by atoms with Crippen LogP contribution in [0.25, 0.3) is 50.1 Å². The van der Waals surface area contributed by atoms with Crippen LogP contribution < -0.4 is 0 Å². The Morgan fingerprint density at radius 1 is 0.575 bits per heavy atom. The van der Waals surface area contributed by atoms with Crippen molar-refractivity contribution in [2.45, 2.75) is 6.42 Å². The standard InChI is InChI=1S/C37H25N3/c1-3-8-26(9-4-1)33-23-32-21-30-17-16-29(20-31(30)22-34(32)36(33)28-10-5-2-6-11-28)25-12-14-27(15-13-25)35-24-40-19-7-18-38-37(40)39-35/h1-22,24H,23H2. The van der Waals surface area contributed by atoms with Crippen LogP contribution in [0.3, 0.4) is 0 Å². The molecule has 2 heterocycles. The summed E-state index contributed by atoms with van der Waals surface area (Å²) in [5.41, 5.74) is 12.5. The SMILES string of the molecule is c1ccc(C2=C(c3ccccc3)c3cc4cc(-c5ccc(-c6cn7cccnc7n6)cc5)ccc4cc3C2)cc1. The Hall–Kier alpha value is -5.28. The van der Waals surface area contributed by atoms with Gasteiger partial charge in [0.1, 0.15) is 0 Å². The van der Waals surface area contributed by atoms with E-state index in [-0.39, 0.29) is 0 Å². The van der Waals surface area contributed by atoms with E-state index in [4.69, 9.17) is 0 Å². The molecule has 0 unspecified atom stereocenters. The topological polar surface area (TPSA) is 30.2 Å². The van der Waals surface area contributed by atoms with E-state index < -0.39 is 0 Å². The third kappa shape index (κ3) is 3.83. The number of nitrogens with zero attached hydrogens (tertiary/aromatic N) is 3. The monoisotopic (exact) mass is 511 g/mol. The summed E-state index contributed by atoms with van der Waals surface area (Å²) in [4.78, 5) is 9.01. The van der Waals surface area contributed by atoms with Gasteiger partial charge >= 0.3 is 0 Å². The summed E-state index contributed by atoms with van der Waals surface area (Å²) in [6.07, 6.45) is 6.71. The maximum atomic E-state index is 4.67. The fourth-order valence-electron chi connectivity index (χ4n) is 5.97. The predicted molar refractivity (Wildman–Crippen MR) is 164 cm³/mol. The Morgan fingerprint density at radius 2 is 1.30 bits per heavy atom. The highest BCUT2D eigenvalue weighted by Crippen LogP contribution is 2.44. The number of fused-ring (bicyclic) bond motifs is 3. The second-order valence-electron chi connectivity index (χ2n) is 10.4. The van der Waals surface area contributed by atoms with Crippen molar-refractivity contribution in [3.63, 3.8) is 0 Å². The molecule has 0 aliphatic heterocycles. The van der Waals surface area contributed by atoms with E-state index in [2.05, 4.69) is 125 Å². The van der Waals surface area contributed by atoms with Gasteiger partial charge in [0.05, 0.1) is 5.69 Å². The minimum atomic E-state index is 0.711. The van der Waals surface area contributed by atoms with Gasteiger partial charge in [0, 0.05) is 24.2 Å². The number of allylic oxidation sites excluding steroid dienone is 1. The number of imidazole rings is 1. The molecule has 3 nitrogen and oxygen atoms in total. The number of benzene rings is 5. The third-order valence-electron chi connectivity index (χ3n) is 7.93. The molecule has 40 heavy (non-hydrogen) atoms. The Balaban J connectivity index is 1.20. The van der Waals surface area contributed by atoms with Gasteiger partial charge in [-0.25, -0.2) is 9.97 Å². The van der Waals surface area contributed by atoms with E-state index in [1.165, 1.54) is 55.3 Å². The highest BCUT2D eigenvalue weighted by molar-refractivity contribution is 6.06. The van der Waals surface area contributed by atoms with Crippen molar-refractivity contribution in [3.05, 3.63) is 162 Å². The fourth-order valence-corrected chi connectivity index (χ4v) is 5.97. The van der Waals surface area contributed by atoms with Crippen LogP contribution in [0.5, 0.6) is 0 Å². The third-order valence-corrected chi connectivity index (χ3v) is 7.93. The van der Waals surface area contributed by atoms with Gasteiger partial charge in [0.2, 0.25) is 5.78 Å². The van der Waals surface area contributed by atoms with Gasteiger partial charge in [-0.2, -0.15) is 0 Å². The summed E-state index contributed by atoms with van der Waals surface area (Å²) in [5, 5.41) is 2.53. The van der Waals surface area contributed by atoms with E-state index in [0.717, 1.165) is 17.7 Å². The van der Waals surface area contributed by atoms with Crippen molar-refractivity contribution >= 4 is 27.7 Å². The molecule has 0 spiro atoms. The first-order valence-corrected chi connectivity index (χ1v) is 13.6. The number of hydrogen-bond acceptors (Lipinski definition) is 2. The number of hydrogen-bond donors (Lipinski definition) is 0. The van der Waals surface area contributed by atoms with Crippen molar-refractivity contribution in [3.8, 4) is 22.4 Å². The van der Waals surface area contributed by atoms with E-state index in [9.17, 15) is 0 Å². The van der Waals surface area contributed by atoms with Gasteiger partial charge in [-0.15, -0.1) is 0 Å². The molecule has 188 valence electrons. The zero-order valence-corrected chi connectivity index (χ0v) is 21.8. The van der Waals surface area contributed by atoms with E-state index in [0.29, 0.717) is 5.78 Å². The van der Waals surface area contributed by atoms with Gasteiger partial charge in [0.25, 0.3) is 0 Å². The zero-order chi connectivity index (χ0) is 26.5. The summed E-state index contributed by atoms with van der Waals surface area (Å²) >= 11 is 0. The Kier molecular flexibility index (Phi) is 5.20. The van der Waals surface area contributed by atoms with Crippen molar-refractivity contribution in [1.29, 1.82) is 0 Å². The second-order valence-corrected chi connectivity index (χ2v) is 10.4. The van der Waals surface area contributed by atoms with Crippen LogP contribution in [-0.4, -0.2) is 14.4 Å². The number of rotatable bonds is 4. The molecule has 3 heteroatoms. The lowest BCUT2D eigenvalue weighted by molar-refractivity contribution is 1.11. The Morgan fingerprint density at radius 3 is 2.08 bits per heavy atom. The lowest BCUT2D eigenvalue weighted by Gasteiger charge is -2.11. The molecule has 0 amide bonds. The highest BCUT2D eigenvalue weighted by atomic mass is 15.1. The highest BCUT2D eigenvalue weighted by Gasteiger charge is 2.24. The fraction of sp³-hybridized carbons (Fsp3) is 0.0270. The molecule has 0 N–H and O–H groups in total. The van der Waals surface area contributed by atoms with Gasteiger partial charge in [-0.05, 0) is 79.9 Å². The van der Waals surface area contributed by atoms with Gasteiger partial charge in [-0.3, -0.25) is 4.40 Å². The molecule has 0 atom stereocenters. The average molecular weight is 512 g/mol. The maximum Gasteiger partial charge on any atom is 0.234 e. The molecule has 2 aromatic heterocycles. The minimum absolute atomic E-state index is 0.711. The van der Waals surface area contributed by atoms with Crippen LogP contribution in [0, 0.1) is 0 Å². The lowest BCUT2D eigenvalue weighted by Crippen LogP contribution is -1.89. The van der Waals surface area contributed by atoms with Crippen molar-refractivity contribution in [2.24, 2.45) is 0 Å². The Labute approximate surface area is 232 Å². The Bertz CT molecular complexity index is 2020. The molecule has 0 saturated carbocycles. The van der Waals surface area contributed by atoms with Crippen molar-refractivity contribution in [2.75, 3.05) is 0 Å². The first-order valence-electron chi connectivity index (χ1n) is 13.6. The van der Waals surface area contributed by atoms with Gasteiger partial charge < -0.3 is 0 Å². The van der Waals surface area contributed by atoms with E-state index >= 15 is 0 Å². The molecule has 1 aliphatic carbocycles. The molecule has 1 aliphatic rings. The van der Waals surface area contributed by atoms with Gasteiger partial charge in [0.15, 0.2) is 0 Å². The minimum Gasteiger partial charge on any atom is -0.291 e. The summed E-state index contributed by atoms with van der Waals surface area (Å²) in [7, 11) is 0. The summed E-state index contributed by atoms with van der Waals surface area (Å²) in [6, 6.07) is 43.8. The molecule has 8 rings (SSSR count). The summed E-state index contributed by atoms with van der Waals surface area (Å²) in [6.45, 7) is 0. The van der Waals surface area contributed by atoms with E-state index in [1.54, 1.807) is 6.20 Å². The molecular weight excluding hydrogens is 486 g/mol. The van der Waals surface area contributed by atoms with Crippen molar-refractivity contribution < 1.29 is 0 Å². The lowest BCUT2D eigenvalue weighted by atomic mass is 9.92. The van der Waals surface area contributed by atoms with E-state index in [1.807, 2.05) is 22.9 Å². The first-order chi connectivity index (χ1) is 19.8. The predicted octanol–water partition coefficient (Wildman–Crippen LogP) is 8.73. The summed E-state index contributed by atoms with van der Waals surface area (Å²) in [5.74, 6) is 0.711. The zero-order valence-electron chi connectivity index (χ0n) is 21.8. The molecule has 0 bridgehead atoms. The molecular formula is C37H25N3. The van der Waals surface area contributed by atoms with Crippen LogP contribution in [0.15, 0.2) is 140 Å². The number of aromatic nitrogens is 3.